The third-order valence-electron chi connectivity index (χ3n) is 3.74. The highest BCUT2D eigenvalue weighted by molar-refractivity contribution is 5.22. The summed E-state index contributed by atoms with van der Waals surface area (Å²) >= 11 is 0. The molecular formula is C19H26N2O. The van der Waals surface area contributed by atoms with Crippen molar-refractivity contribution in [2.24, 2.45) is 0 Å². The standard InChI is InChI=1S/C19H26N2O/c1-15-3-7-17(8-4-15)11-13-20-19(22)21-14-12-18-9-5-16(2)6-10-18/h3-10,19-22H,11-14H2,1-2H3. The lowest BCUT2D eigenvalue weighted by molar-refractivity contribution is 0.103. The van der Waals surface area contributed by atoms with Gasteiger partial charge in [0.05, 0.1) is 0 Å². The quantitative estimate of drug-likeness (QED) is 0.656. The molecule has 0 aliphatic rings. The first-order valence-electron chi connectivity index (χ1n) is 7.89. The molecule has 0 bridgehead atoms. The number of aliphatic hydroxyl groups is 1. The van der Waals surface area contributed by atoms with Gasteiger partial charge >= 0.3 is 0 Å². The van der Waals surface area contributed by atoms with Crippen LogP contribution < -0.4 is 10.6 Å². The van der Waals surface area contributed by atoms with Gasteiger partial charge in [0.15, 0.2) is 6.35 Å². The molecule has 0 unspecified atom stereocenters. The fourth-order valence-electron chi connectivity index (χ4n) is 2.29. The molecule has 0 fully saturated rings. The van der Waals surface area contributed by atoms with E-state index in [9.17, 15) is 5.11 Å². The lowest BCUT2D eigenvalue weighted by Crippen LogP contribution is -2.43. The van der Waals surface area contributed by atoms with Crippen LogP contribution >= 0.6 is 0 Å². The molecule has 0 spiro atoms. The SMILES string of the molecule is Cc1ccc(CCNC(O)NCCc2ccc(C)cc2)cc1. The second kappa shape index (κ2) is 8.69. The van der Waals surface area contributed by atoms with Gasteiger partial charge in [0.1, 0.15) is 0 Å². The van der Waals surface area contributed by atoms with Crippen molar-refractivity contribution >= 4 is 0 Å². The average molecular weight is 298 g/mol. The van der Waals surface area contributed by atoms with Crippen LogP contribution in [-0.4, -0.2) is 24.5 Å². The van der Waals surface area contributed by atoms with Gasteiger partial charge in [0, 0.05) is 13.1 Å². The van der Waals surface area contributed by atoms with Gasteiger partial charge in [-0.3, -0.25) is 10.6 Å². The zero-order chi connectivity index (χ0) is 15.8. The number of hydrogen-bond acceptors (Lipinski definition) is 3. The first-order chi connectivity index (χ1) is 10.6. The third kappa shape index (κ3) is 5.98. The van der Waals surface area contributed by atoms with E-state index in [4.69, 9.17) is 0 Å². The maximum Gasteiger partial charge on any atom is 0.160 e. The van der Waals surface area contributed by atoms with E-state index in [1.807, 2.05) is 0 Å². The molecule has 3 heteroatoms. The Morgan fingerprint density at radius 3 is 1.45 bits per heavy atom. The smallest absolute Gasteiger partial charge is 0.160 e. The summed E-state index contributed by atoms with van der Waals surface area (Å²) < 4.78 is 0. The lowest BCUT2D eigenvalue weighted by atomic mass is 10.1. The molecule has 0 saturated carbocycles. The number of rotatable bonds is 8. The molecule has 0 amide bonds. The minimum Gasteiger partial charge on any atom is -0.365 e. The monoisotopic (exact) mass is 298 g/mol. The molecule has 0 aliphatic heterocycles. The van der Waals surface area contributed by atoms with Crippen molar-refractivity contribution < 1.29 is 5.11 Å². The third-order valence-corrected chi connectivity index (χ3v) is 3.74. The predicted molar refractivity (Wildman–Crippen MR) is 91.8 cm³/mol. The highest BCUT2D eigenvalue weighted by Gasteiger charge is 2.02. The van der Waals surface area contributed by atoms with Crippen LogP contribution in [0.15, 0.2) is 48.5 Å². The van der Waals surface area contributed by atoms with E-state index in [2.05, 4.69) is 73.0 Å². The molecule has 0 atom stereocenters. The topological polar surface area (TPSA) is 44.3 Å². The van der Waals surface area contributed by atoms with Crippen molar-refractivity contribution in [2.45, 2.75) is 33.0 Å². The summed E-state index contributed by atoms with van der Waals surface area (Å²) in [7, 11) is 0. The molecule has 22 heavy (non-hydrogen) atoms. The first kappa shape index (κ1) is 16.7. The number of aliphatic hydroxyl groups excluding tert-OH is 1. The van der Waals surface area contributed by atoms with Crippen LogP contribution in [0.4, 0.5) is 0 Å². The first-order valence-corrected chi connectivity index (χ1v) is 7.89. The van der Waals surface area contributed by atoms with Crippen molar-refractivity contribution in [3.63, 3.8) is 0 Å². The van der Waals surface area contributed by atoms with E-state index in [0.29, 0.717) is 0 Å². The molecule has 2 rings (SSSR count). The van der Waals surface area contributed by atoms with Gasteiger partial charge in [-0.05, 0) is 37.8 Å². The van der Waals surface area contributed by atoms with E-state index < -0.39 is 6.35 Å². The van der Waals surface area contributed by atoms with Gasteiger partial charge in [0.25, 0.3) is 0 Å². The van der Waals surface area contributed by atoms with Gasteiger partial charge in [-0.25, -0.2) is 0 Å². The fraction of sp³-hybridized carbons (Fsp3) is 0.368. The van der Waals surface area contributed by atoms with Crippen LogP contribution in [0.3, 0.4) is 0 Å². The van der Waals surface area contributed by atoms with Gasteiger partial charge in [0.2, 0.25) is 0 Å². The van der Waals surface area contributed by atoms with Crippen LogP contribution in [-0.2, 0) is 12.8 Å². The van der Waals surface area contributed by atoms with Crippen molar-refractivity contribution in [3.05, 3.63) is 70.8 Å². The van der Waals surface area contributed by atoms with Gasteiger partial charge in [-0.1, -0.05) is 59.7 Å². The molecule has 0 aromatic heterocycles. The molecule has 3 nitrogen and oxygen atoms in total. The van der Waals surface area contributed by atoms with E-state index in [0.717, 1.165) is 25.9 Å². The lowest BCUT2D eigenvalue weighted by Gasteiger charge is -2.14. The molecular weight excluding hydrogens is 272 g/mol. The summed E-state index contributed by atoms with van der Waals surface area (Å²) in [5.74, 6) is 0. The molecule has 2 aromatic rings. The summed E-state index contributed by atoms with van der Waals surface area (Å²) in [6, 6.07) is 17.0. The largest absolute Gasteiger partial charge is 0.365 e. The summed E-state index contributed by atoms with van der Waals surface area (Å²) in [6.07, 6.45) is 1.17. The Morgan fingerprint density at radius 1 is 0.727 bits per heavy atom. The minimum absolute atomic E-state index is 0.657. The summed E-state index contributed by atoms with van der Waals surface area (Å²) in [6.45, 7) is 5.68. The molecule has 0 heterocycles. The Kier molecular flexibility index (Phi) is 6.59. The van der Waals surface area contributed by atoms with E-state index in [1.54, 1.807) is 0 Å². The number of nitrogens with one attached hydrogen (secondary N) is 2. The van der Waals surface area contributed by atoms with E-state index >= 15 is 0 Å². The Labute approximate surface area is 133 Å². The van der Waals surface area contributed by atoms with Gasteiger partial charge in [-0.15, -0.1) is 0 Å². The van der Waals surface area contributed by atoms with Gasteiger partial charge < -0.3 is 5.11 Å². The van der Waals surface area contributed by atoms with Crippen LogP contribution in [0.5, 0.6) is 0 Å². The second-order valence-electron chi connectivity index (χ2n) is 5.78. The second-order valence-corrected chi connectivity index (χ2v) is 5.78. The minimum atomic E-state index is -0.657. The Hall–Kier alpha value is -1.68. The highest BCUT2D eigenvalue weighted by atomic mass is 16.3. The maximum absolute atomic E-state index is 9.87. The molecule has 2 aromatic carbocycles. The Bertz CT molecular complexity index is 497. The number of benzene rings is 2. The summed E-state index contributed by atoms with van der Waals surface area (Å²) in [5, 5.41) is 16.0. The average Bonchev–Trinajstić information content (AvgIpc) is 2.51. The predicted octanol–water partition coefficient (Wildman–Crippen LogP) is 2.54. The van der Waals surface area contributed by atoms with Crippen LogP contribution in [0, 0.1) is 13.8 Å². The van der Waals surface area contributed by atoms with Crippen LogP contribution in [0.2, 0.25) is 0 Å². The molecule has 0 radical (unpaired) electrons. The molecule has 0 saturated heterocycles. The zero-order valence-corrected chi connectivity index (χ0v) is 13.5. The molecule has 3 N–H and O–H groups in total. The van der Waals surface area contributed by atoms with Crippen molar-refractivity contribution in [2.75, 3.05) is 13.1 Å². The summed E-state index contributed by atoms with van der Waals surface area (Å²) in [5.41, 5.74) is 5.11. The normalized spacial score (nSPS) is 11.1. The van der Waals surface area contributed by atoms with Crippen LogP contribution in [0.1, 0.15) is 22.3 Å². The van der Waals surface area contributed by atoms with E-state index in [-0.39, 0.29) is 0 Å². The Balaban J connectivity index is 1.60. The van der Waals surface area contributed by atoms with Crippen molar-refractivity contribution in [1.29, 1.82) is 0 Å². The molecule has 118 valence electrons. The number of hydrogen-bond donors (Lipinski definition) is 3. The fourth-order valence-corrected chi connectivity index (χ4v) is 2.29. The maximum atomic E-state index is 9.87. The van der Waals surface area contributed by atoms with Crippen LogP contribution in [0.25, 0.3) is 0 Å². The van der Waals surface area contributed by atoms with Crippen molar-refractivity contribution in [3.8, 4) is 0 Å². The van der Waals surface area contributed by atoms with Crippen molar-refractivity contribution in [1.82, 2.24) is 10.6 Å². The van der Waals surface area contributed by atoms with Gasteiger partial charge in [-0.2, -0.15) is 0 Å². The summed E-state index contributed by atoms with van der Waals surface area (Å²) in [4.78, 5) is 0. The zero-order valence-electron chi connectivity index (χ0n) is 13.5. The Morgan fingerprint density at radius 2 is 1.09 bits per heavy atom. The number of aryl methyl sites for hydroxylation is 2. The highest BCUT2D eigenvalue weighted by Crippen LogP contribution is 2.04. The molecule has 0 aliphatic carbocycles. The van der Waals surface area contributed by atoms with E-state index in [1.165, 1.54) is 22.3 Å².